The third-order valence-electron chi connectivity index (χ3n) is 6.53. The Labute approximate surface area is 225 Å². The molecule has 0 aromatic heterocycles. The summed E-state index contributed by atoms with van der Waals surface area (Å²) in [6.07, 6.45) is 0. The van der Waals surface area contributed by atoms with E-state index in [0.29, 0.717) is 17.1 Å². The van der Waals surface area contributed by atoms with Gasteiger partial charge in [-0.1, -0.05) is 42.5 Å². The summed E-state index contributed by atoms with van der Waals surface area (Å²) >= 11 is 0. The highest BCUT2D eigenvalue weighted by Gasteiger charge is 2.35. The number of nitro benzene ring substituents is 1. The third kappa shape index (κ3) is 4.77. The fourth-order valence-corrected chi connectivity index (χ4v) is 4.68. The van der Waals surface area contributed by atoms with E-state index in [4.69, 9.17) is 10.5 Å². The van der Waals surface area contributed by atoms with Crippen molar-refractivity contribution < 1.29 is 19.2 Å². The van der Waals surface area contributed by atoms with Gasteiger partial charge in [-0.3, -0.25) is 19.7 Å². The number of benzene rings is 4. The minimum atomic E-state index is -0.990. The first-order chi connectivity index (χ1) is 17.9. The van der Waals surface area contributed by atoms with E-state index in [1.54, 1.807) is 36.3 Å². The van der Waals surface area contributed by atoms with E-state index < -0.39 is 16.9 Å². The van der Waals surface area contributed by atoms with Crippen LogP contribution in [-0.2, 0) is 11.3 Å². The molecule has 1 aliphatic rings. The van der Waals surface area contributed by atoms with E-state index in [0.717, 1.165) is 16.3 Å². The maximum atomic E-state index is 13.6. The van der Waals surface area contributed by atoms with E-state index in [9.17, 15) is 19.7 Å². The summed E-state index contributed by atoms with van der Waals surface area (Å²) in [6, 6.07) is 23.2. The summed E-state index contributed by atoms with van der Waals surface area (Å²) in [5.41, 5.74) is 8.37. The largest absolute Gasteiger partial charge is 0.496 e. The molecular formula is C28H25ClN4O5. The van der Waals surface area contributed by atoms with Crippen molar-refractivity contribution in [2.45, 2.75) is 12.6 Å². The molecule has 0 saturated heterocycles. The van der Waals surface area contributed by atoms with Crippen LogP contribution < -0.4 is 20.3 Å². The lowest BCUT2D eigenvalue weighted by atomic mass is 10.0. The van der Waals surface area contributed by atoms with Gasteiger partial charge in [-0.15, -0.1) is 12.4 Å². The van der Waals surface area contributed by atoms with Gasteiger partial charge in [0.2, 0.25) is 5.91 Å². The number of halogens is 1. The molecule has 0 bridgehead atoms. The molecule has 0 unspecified atom stereocenters. The molecule has 0 radical (unpaired) electrons. The third-order valence-corrected chi connectivity index (χ3v) is 6.53. The monoisotopic (exact) mass is 532 g/mol. The second kappa shape index (κ2) is 10.9. The van der Waals surface area contributed by atoms with E-state index >= 15 is 0 Å². The first kappa shape index (κ1) is 26.6. The van der Waals surface area contributed by atoms with E-state index in [1.807, 2.05) is 36.4 Å². The Morgan fingerprint density at radius 1 is 1.00 bits per heavy atom. The first-order valence-corrected chi connectivity index (χ1v) is 11.7. The Morgan fingerprint density at radius 3 is 2.34 bits per heavy atom. The van der Waals surface area contributed by atoms with Crippen LogP contribution in [0.3, 0.4) is 0 Å². The highest BCUT2D eigenvalue weighted by Crippen LogP contribution is 2.37. The van der Waals surface area contributed by atoms with Crippen LogP contribution in [0.4, 0.5) is 17.1 Å². The number of anilines is 2. The molecule has 1 atom stereocenters. The summed E-state index contributed by atoms with van der Waals surface area (Å²) in [6.45, 7) is 0.141. The van der Waals surface area contributed by atoms with Gasteiger partial charge < -0.3 is 20.3 Å². The van der Waals surface area contributed by atoms with Crippen molar-refractivity contribution in [2.24, 2.45) is 5.73 Å². The van der Waals surface area contributed by atoms with E-state index in [-0.39, 0.29) is 42.7 Å². The predicted molar refractivity (Wildman–Crippen MR) is 148 cm³/mol. The molecule has 0 saturated carbocycles. The summed E-state index contributed by atoms with van der Waals surface area (Å²) in [5.74, 6) is -0.0998. The molecule has 10 heteroatoms. The Hall–Kier alpha value is -4.47. The molecule has 9 nitrogen and oxygen atoms in total. The van der Waals surface area contributed by atoms with Gasteiger partial charge >= 0.3 is 0 Å². The molecule has 0 fully saturated rings. The predicted octanol–water partition coefficient (Wildman–Crippen LogP) is 4.70. The van der Waals surface area contributed by atoms with Gasteiger partial charge in [0, 0.05) is 23.3 Å². The lowest BCUT2D eigenvalue weighted by Crippen LogP contribution is -2.48. The number of nitrogens with zero attached hydrogens (tertiary/aromatic N) is 3. The van der Waals surface area contributed by atoms with Gasteiger partial charge in [0.15, 0.2) is 0 Å². The van der Waals surface area contributed by atoms with Crippen molar-refractivity contribution in [2.75, 3.05) is 23.5 Å². The van der Waals surface area contributed by atoms with Crippen LogP contribution in [-0.4, -0.2) is 36.4 Å². The number of non-ortho nitro benzene ring substituents is 1. The van der Waals surface area contributed by atoms with Crippen molar-refractivity contribution in [3.05, 3.63) is 106 Å². The molecular weight excluding hydrogens is 508 g/mol. The number of ether oxygens (including phenoxy) is 1. The number of para-hydroxylation sites is 2. The average Bonchev–Trinajstić information content (AvgIpc) is 3.03. The van der Waals surface area contributed by atoms with Crippen LogP contribution >= 0.6 is 12.4 Å². The number of methoxy groups -OCH3 is 1. The minimum absolute atomic E-state index is 0. The van der Waals surface area contributed by atoms with Crippen molar-refractivity contribution in [3.8, 4) is 5.75 Å². The van der Waals surface area contributed by atoms with Crippen molar-refractivity contribution in [1.82, 2.24) is 0 Å². The zero-order chi connectivity index (χ0) is 26.1. The average molecular weight is 533 g/mol. The van der Waals surface area contributed by atoms with Crippen LogP contribution in [0, 0.1) is 10.1 Å². The maximum Gasteiger partial charge on any atom is 0.269 e. The second-order valence-electron chi connectivity index (χ2n) is 8.71. The Kier molecular flexibility index (Phi) is 7.61. The number of fused-ring (bicyclic) bond motifs is 2. The Morgan fingerprint density at radius 2 is 1.66 bits per heavy atom. The topological polar surface area (TPSA) is 119 Å². The molecule has 1 heterocycles. The SMILES string of the molecule is COc1ccc2ccccc2c1CN1C(=O)[C@@H](N)CN(C(=O)c2ccc([N+](=O)[O-])cc2)c2ccccc21.Cl. The van der Waals surface area contributed by atoms with Gasteiger partial charge in [0.05, 0.1) is 36.5 Å². The zero-order valence-electron chi connectivity index (χ0n) is 20.4. The quantitative estimate of drug-likeness (QED) is 0.294. The minimum Gasteiger partial charge on any atom is -0.496 e. The van der Waals surface area contributed by atoms with E-state index in [2.05, 4.69) is 0 Å². The molecule has 4 aromatic rings. The zero-order valence-corrected chi connectivity index (χ0v) is 21.3. The highest BCUT2D eigenvalue weighted by molar-refractivity contribution is 6.12. The standard InChI is InChI=1S/C28H24N4O5.ClH/c1-37-26-15-12-18-6-2-3-7-21(18)22(26)16-30-24-8-4-5-9-25(24)31(17-23(29)28(30)34)27(33)19-10-13-20(14-11-19)32(35)36;/h2-15,23H,16-17,29H2,1H3;1H/t23-;/m0./s1. The molecule has 1 aliphatic heterocycles. The number of nitro groups is 1. The fourth-order valence-electron chi connectivity index (χ4n) is 4.68. The van der Waals surface area contributed by atoms with Crippen LogP contribution in [0.5, 0.6) is 5.75 Å². The maximum absolute atomic E-state index is 13.6. The van der Waals surface area contributed by atoms with Gasteiger partial charge in [-0.25, -0.2) is 0 Å². The Bertz CT molecular complexity index is 1530. The number of hydrogen-bond donors (Lipinski definition) is 1. The molecule has 38 heavy (non-hydrogen) atoms. The van der Waals surface area contributed by atoms with Gasteiger partial charge in [0.1, 0.15) is 11.8 Å². The summed E-state index contributed by atoms with van der Waals surface area (Å²) in [5, 5.41) is 13.0. The summed E-state index contributed by atoms with van der Waals surface area (Å²) in [7, 11) is 1.59. The number of carbonyl (C=O) groups excluding carboxylic acids is 2. The van der Waals surface area contributed by atoms with E-state index in [1.165, 1.54) is 29.2 Å². The lowest BCUT2D eigenvalue weighted by Gasteiger charge is -2.26. The number of rotatable bonds is 5. The van der Waals surface area contributed by atoms with Crippen molar-refractivity contribution in [1.29, 1.82) is 0 Å². The molecule has 2 amide bonds. The number of amides is 2. The van der Waals surface area contributed by atoms with Gasteiger partial charge in [0.25, 0.3) is 11.6 Å². The molecule has 0 spiro atoms. The lowest BCUT2D eigenvalue weighted by molar-refractivity contribution is -0.384. The summed E-state index contributed by atoms with van der Waals surface area (Å²) < 4.78 is 5.64. The Balaban J connectivity index is 0.00000336. The normalized spacial score (nSPS) is 14.9. The number of hydrogen-bond acceptors (Lipinski definition) is 6. The molecule has 4 aromatic carbocycles. The van der Waals surface area contributed by atoms with Crippen molar-refractivity contribution >= 4 is 52.1 Å². The van der Waals surface area contributed by atoms with Gasteiger partial charge in [-0.2, -0.15) is 0 Å². The van der Waals surface area contributed by atoms with Crippen LogP contribution in [0.2, 0.25) is 0 Å². The molecule has 0 aliphatic carbocycles. The summed E-state index contributed by atoms with van der Waals surface area (Å²) in [4.78, 5) is 40.7. The van der Waals surface area contributed by atoms with Crippen LogP contribution in [0.15, 0.2) is 84.9 Å². The second-order valence-corrected chi connectivity index (χ2v) is 8.71. The van der Waals surface area contributed by atoms with Crippen LogP contribution in [0.25, 0.3) is 10.8 Å². The smallest absolute Gasteiger partial charge is 0.269 e. The van der Waals surface area contributed by atoms with Gasteiger partial charge in [-0.05, 0) is 41.1 Å². The molecule has 2 N–H and O–H groups in total. The molecule has 194 valence electrons. The van der Waals surface area contributed by atoms with Crippen LogP contribution in [0.1, 0.15) is 15.9 Å². The number of nitrogens with two attached hydrogens (primary N) is 1. The first-order valence-electron chi connectivity index (χ1n) is 11.7. The number of carbonyl (C=O) groups is 2. The highest BCUT2D eigenvalue weighted by atomic mass is 35.5. The molecule has 5 rings (SSSR count). The van der Waals surface area contributed by atoms with Crippen molar-refractivity contribution in [3.63, 3.8) is 0 Å². The fraction of sp³-hybridized carbons (Fsp3) is 0.143.